The quantitative estimate of drug-likeness (QED) is 0.753. The number of hydrogen-bond acceptors (Lipinski definition) is 6. The molecule has 3 rings (SSSR count). The average Bonchev–Trinajstić information content (AvgIpc) is 2.93. The van der Waals surface area contributed by atoms with E-state index in [-0.39, 0.29) is 11.8 Å². The standard InChI is InChI=1S/C10H11ClN4O3/c11-9-8-10(13-3-12-9)15(4-14-8)7-1-5(17)6(2-16)18-7/h3-7,16-17H,1-2H2/t5-,6?,7?/m1/s1. The molecule has 2 N–H and O–H groups in total. The summed E-state index contributed by atoms with van der Waals surface area (Å²) in [5.41, 5.74) is 1.04. The van der Waals surface area contributed by atoms with Crippen LogP contribution in [0.2, 0.25) is 5.15 Å². The van der Waals surface area contributed by atoms with Crippen LogP contribution in [0.5, 0.6) is 0 Å². The number of aliphatic hydroxyl groups excluding tert-OH is 2. The minimum atomic E-state index is -0.699. The van der Waals surface area contributed by atoms with Gasteiger partial charge in [-0.15, -0.1) is 0 Å². The Labute approximate surface area is 107 Å². The smallest absolute Gasteiger partial charge is 0.166 e. The highest BCUT2D eigenvalue weighted by atomic mass is 35.5. The summed E-state index contributed by atoms with van der Waals surface area (Å²) in [6.45, 7) is -0.222. The zero-order valence-electron chi connectivity index (χ0n) is 9.27. The molecule has 1 aliphatic heterocycles. The molecule has 7 nitrogen and oxygen atoms in total. The fraction of sp³-hybridized carbons (Fsp3) is 0.500. The van der Waals surface area contributed by atoms with Crippen molar-refractivity contribution >= 4 is 22.8 Å². The van der Waals surface area contributed by atoms with Crippen LogP contribution in [-0.4, -0.2) is 48.5 Å². The Morgan fingerprint density at radius 1 is 1.44 bits per heavy atom. The van der Waals surface area contributed by atoms with Crippen LogP contribution >= 0.6 is 11.6 Å². The third-order valence-corrected chi connectivity index (χ3v) is 3.29. The van der Waals surface area contributed by atoms with Crippen LogP contribution in [0.25, 0.3) is 11.2 Å². The van der Waals surface area contributed by atoms with E-state index in [1.165, 1.54) is 6.33 Å². The molecule has 8 heteroatoms. The van der Waals surface area contributed by atoms with Gasteiger partial charge in [-0.1, -0.05) is 11.6 Å². The van der Waals surface area contributed by atoms with Crippen LogP contribution in [0.4, 0.5) is 0 Å². The number of aromatic nitrogens is 4. The number of aliphatic hydroxyl groups is 2. The van der Waals surface area contributed by atoms with Gasteiger partial charge in [-0.25, -0.2) is 15.0 Å². The van der Waals surface area contributed by atoms with Gasteiger partial charge in [-0.3, -0.25) is 4.57 Å². The first-order valence-electron chi connectivity index (χ1n) is 5.48. The molecule has 3 heterocycles. The summed E-state index contributed by atoms with van der Waals surface area (Å²) in [6, 6.07) is 0. The number of halogens is 1. The molecule has 0 amide bonds. The Morgan fingerprint density at radius 2 is 2.28 bits per heavy atom. The van der Waals surface area contributed by atoms with Gasteiger partial charge < -0.3 is 14.9 Å². The van der Waals surface area contributed by atoms with Gasteiger partial charge in [0.1, 0.15) is 24.2 Å². The highest BCUT2D eigenvalue weighted by molar-refractivity contribution is 6.33. The van der Waals surface area contributed by atoms with Crippen molar-refractivity contribution in [2.24, 2.45) is 0 Å². The maximum Gasteiger partial charge on any atom is 0.166 e. The van der Waals surface area contributed by atoms with E-state index in [1.54, 1.807) is 10.9 Å². The number of hydrogen-bond donors (Lipinski definition) is 2. The monoisotopic (exact) mass is 270 g/mol. The molecule has 2 aromatic heterocycles. The van der Waals surface area contributed by atoms with Gasteiger partial charge in [-0.2, -0.15) is 0 Å². The third kappa shape index (κ3) is 1.76. The molecular weight excluding hydrogens is 260 g/mol. The maximum absolute atomic E-state index is 9.71. The van der Waals surface area contributed by atoms with E-state index >= 15 is 0 Å². The Bertz CT molecular complexity index is 575. The summed E-state index contributed by atoms with van der Waals surface area (Å²) >= 11 is 5.90. The number of ether oxygens (including phenoxy) is 1. The second kappa shape index (κ2) is 4.43. The highest BCUT2D eigenvalue weighted by Gasteiger charge is 2.35. The van der Waals surface area contributed by atoms with E-state index in [9.17, 15) is 5.11 Å². The van der Waals surface area contributed by atoms with Gasteiger partial charge in [0.15, 0.2) is 10.8 Å². The van der Waals surface area contributed by atoms with Gasteiger partial charge in [0, 0.05) is 6.42 Å². The van der Waals surface area contributed by atoms with Crippen molar-refractivity contribution < 1.29 is 14.9 Å². The Hall–Kier alpha value is -1.28. The van der Waals surface area contributed by atoms with E-state index in [0.717, 1.165) is 0 Å². The second-order valence-corrected chi connectivity index (χ2v) is 4.46. The molecule has 0 radical (unpaired) electrons. The van der Waals surface area contributed by atoms with Crippen molar-refractivity contribution in [1.29, 1.82) is 0 Å². The molecule has 0 spiro atoms. The molecule has 1 saturated heterocycles. The van der Waals surface area contributed by atoms with Crippen LogP contribution in [0.3, 0.4) is 0 Å². The lowest BCUT2D eigenvalue weighted by atomic mass is 10.2. The van der Waals surface area contributed by atoms with Crippen LogP contribution in [0.15, 0.2) is 12.7 Å². The zero-order chi connectivity index (χ0) is 12.7. The highest BCUT2D eigenvalue weighted by Crippen LogP contribution is 2.31. The van der Waals surface area contributed by atoms with Crippen molar-refractivity contribution in [3.8, 4) is 0 Å². The van der Waals surface area contributed by atoms with Gasteiger partial charge in [0.2, 0.25) is 0 Å². The first-order chi connectivity index (χ1) is 8.70. The largest absolute Gasteiger partial charge is 0.394 e. The lowest BCUT2D eigenvalue weighted by Gasteiger charge is -2.13. The SMILES string of the molecule is OCC1OC(n2cnc3c(Cl)ncnc32)C[C@H]1O. The lowest BCUT2D eigenvalue weighted by molar-refractivity contribution is -0.0432. The fourth-order valence-corrected chi connectivity index (χ4v) is 2.26. The molecule has 2 unspecified atom stereocenters. The van der Waals surface area contributed by atoms with E-state index in [1.807, 2.05) is 0 Å². The summed E-state index contributed by atoms with van der Waals surface area (Å²) in [6.07, 6.45) is 1.57. The summed E-state index contributed by atoms with van der Waals surface area (Å²) < 4.78 is 7.22. The molecule has 0 bridgehead atoms. The summed E-state index contributed by atoms with van der Waals surface area (Å²) in [7, 11) is 0. The van der Waals surface area contributed by atoms with Gasteiger partial charge in [0.25, 0.3) is 0 Å². The Morgan fingerprint density at radius 3 is 3.00 bits per heavy atom. The zero-order valence-corrected chi connectivity index (χ0v) is 10.0. The lowest BCUT2D eigenvalue weighted by Crippen LogP contribution is -2.24. The molecule has 2 aromatic rings. The third-order valence-electron chi connectivity index (χ3n) is 3.01. The van der Waals surface area contributed by atoms with Crippen LogP contribution in [0.1, 0.15) is 12.6 Å². The van der Waals surface area contributed by atoms with E-state index in [0.29, 0.717) is 17.6 Å². The van der Waals surface area contributed by atoms with Crippen molar-refractivity contribution in [2.45, 2.75) is 24.9 Å². The number of rotatable bonds is 2. The topological polar surface area (TPSA) is 93.3 Å². The minimum Gasteiger partial charge on any atom is -0.394 e. The molecule has 18 heavy (non-hydrogen) atoms. The molecule has 1 fully saturated rings. The molecule has 0 aliphatic carbocycles. The van der Waals surface area contributed by atoms with Crippen molar-refractivity contribution in [3.63, 3.8) is 0 Å². The molecule has 0 saturated carbocycles. The number of imidazole rings is 1. The summed E-state index contributed by atoms with van der Waals surface area (Å²) in [5, 5.41) is 19.0. The molecule has 1 aliphatic rings. The maximum atomic E-state index is 9.71. The number of fused-ring (bicyclic) bond motifs is 1. The summed E-state index contributed by atoms with van der Waals surface area (Å²) in [5.74, 6) is 0. The predicted molar refractivity (Wildman–Crippen MR) is 62.0 cm³/mol. The first-order valence-corrected chi connectivity index (χ1v) is 5.86. The number of nitrogens with zero attached hydrogens (tertiary/aromatic N) is 4. The average molecular weight is 271 g/mol. The van der Waals surface area contributed by atoms with E-state index < -0.39 is 18.4 Å². The first kappa shape index (κ1) is 11.8. The molecular formula is C10H11ClN4O3. The van der Waals surface area contributed by atoms with E-state index in [4.69, 9.17) is 21.4 Å². The van der Waals surface area contributed by atoms with Crippen LogP contribution in [0, 0.1) is 0 Å². The molecule has 0 aromatic carbocycles. The summed E-state index contributed by atoms with van der Waals surface area (Å²) in [4.78, 5) is 12.1. The minimum absolute atomic E-state index is 0.222. The van der Waals surface area contributed by atoms with E-state index in [2.05, 4.69) is 15.0 Å². The van der Waals surface area contributed by atoms with Crippen LogP contribution in [-0.2, 0) is 4.74 Å². The van der Waals surface area contributed by atoms with Crippen molar-refractivity contribution in [3.05, 3.63) is 17.8 Å². The molecule has 96 valence electrons. The van der Waals surface area contributed by atoms with Crippen molar-refractivity contribution in [1.82, 2.24) is 19.5 Å². The fourth-order valence-electron chi connectivity index (χ4n) is 2.08. The predicted octanol–water partition coefficient (Wildman–Crippen LogP) is 0.120. The Kier molecular flexibility index (Phi) is 2.90. The van der Waals surface area contributed by atoms with Gasteiger partial charge in [0.05, 0.1) is 19.0 Å². The van der Waals surface area contributed by atoms with Gasteiger partial charge in [-0.05, 0) is 0 Å². The molecule has 3 atom stereocenters. The van der Waals surface area contributed by atoms with Gasteiger partial charge >= 0.3 is 0 Å². The van der Waals surface area contributed by atoms with Crippen molar-refractivity contribution in [2.75, 3.05) is 6.61 Å². The normalized spacial score (nSPS) is 28.1. The Balaban J connectivity index is 1.99. The van der Waals surface area contributed by atoms with Crippen LogP contribution < -0.4 is 0 Å². The second-order valence-electron chi connectivity index (χ2n) is 4.10.